The Balaban J connectivity index is 2.05. The first kappa shape index (κ1) is 19.0. The van der Waals surface area contributed by atoms with Crippen LogP contribution in [0.15, 0.2) is 27.6 Å². The molecule has 24 heavy (non-hydrogen) atoms. The Morgan fingerprint density at radius 3 is 2.88 bits per heavy atom. The lowest BCUT2D eigenvalue weighted by Gasteiger charge is -2.15. The molecule has 1 aliphatic rings. The molecule has 1 saturated heterocycles. The number of benzene rings is 1. The van der Waals surface area contributed by atoms with E-state index in [1.165, 1.54) is 18.7 Å². The number of thiocarbonyl (C=S) groups is 1. The van der Waals surface area contributed by atoms with Crippen molar-refractivity contribution in [1.29, 1.82) is 0 Å². The minimum atomic E-state index is -0.195. The van der Waals surface area contributed by atoms with Crippen LogP contribution in [0.25, 0.3) is 6.08 Å². The molecule has 2 amide bonds. The summed E-state index contributed by atoms with van der Waals surface area (Å²) in [5.74, 6) is 0.519. The van der Waals surface area contributed by atoms with E-state index in [0.717, 1.165) is 16.5 Å². The van der Waals surface area contributed by atoms with Gasteiger partial charge in [0, 0.05) is 30.6 Å². The summed E-state index contributed by atoms with van der Waals surface area (Å²) in [7, 11) is 1.76. The predicted octanol–water partition coefficient (Wildman–Crippen LogP) is 3.19. The van der Waals surface area contributed by atoms with Crippen LogP contribution in [0, 0.1) is 0 Å². The van der Waals surface area contributed by atoms with E-state index in [9.17, 15) is 9.59 Å². The van der Waals surface area contributed by atoms with Crippen molar-refractivity contribution in [2.75, 3.05) is 20.2 Å². The molecule has 0 aliphatic carbocycles. The number of nitrogens with one attached hydrogen (secondary N) is 1. The highest BCUT2D eigenvalue weighted by Gasteiger charge is 2.22. The van der Waals surface area contributed by atoms with Crippen LogP contribution in [0.3, 0.4) is 0 Å². The third kappa shape index (κ3) is 5.32. The topological polar surface area (TPSA) is 58.6 Å². The molecule has 0 unspecified atom stereocenters. The van der Waals surface area contributed by atoms with Gasteiger partial charge in [0.2, 0.25) is 5.91 Å². The monoisotopic (exact) mass is 428 g/mol. The van der Waals surface area contributed by atoms with E-state index >= 15 is 0 Å². The number of carbonyl (C=O) groups excluding carboxylic acids is 2. The summed E-state index contributed by atoms with van der Waals surface area (Å²) < 4.78 is 7.16. The van der Waals surface area contributed by atoms with E-state index in [0.29, 0.717) is 28.1 Å². The van der Waals surface area contributed by atoms with Crippen molar-refractivity contribution in [2.24, 2.45) is 0 Å². The molecule has 0 atom stereocenters. The van der Waals surface area contributed by atoms with Crippen LogP contribution in [0.4, 0.5) is 0 Å². The van der Waals surface area contributed by atoms with Crippen LogP contribution in [0.1, 0.15) is 18.9 Å². The predicted molar refractivity (Wildman–Crippen MR) is 104 cm³/mol. The second kappa shape index (κ2) is 8.64. The fraction of sp³-hybridized carbons (Fsp3) is 0.312. The highest BCUT2D eigenvalue weighted by Crippen LogP contribution is 2.31. The lowest BCUT2D eigenvalue weighted by Crippen LogP contribution is -2.25. The van der Waals surface area contributed by atoms with Gasteiger partial charge in [-0.25, -0.2) is 0 Å². The molecule has 128 valence electrons. The van der Waals surface area contributed by atoms with Crippen LogP contribution in [0.5, 0.6) is 5.75 Å². The number of hydrogen-bond acceptors (Lipinski definition) is 5. The maximum Gasteiger partial charge on any atom is 0.263 e. The molecule has 1 fully saturated rings. The Kier molecular flexibility index (Phi) is 6.82. The fourth-order valence-electron chi connectivity index (χ4n) is 1.97. The number of rotatable bonds is 6. The van der Waals surface area contributed by atoms with Gasteiger partial charge in [0.05, 0.1) is 11.5 Å². The van der Waals surface area contributed by atoms with E-state index in [4.69, 9.17) is 17.0 Å². The summed E-state index contributed by atoms with van der Waals surface area (Å²) in [5.41, 5.74) is 0.798. The number of ether oxygens (including phenoxy) is 1. The third-order valence-electron chi connectivity index (χ3n) is 3.33. The number of carbonyl (C=O) groups is 2. The van der Waals surface area contributed by atoms with Crippen molar-refractivity contribution in [2.45, 2.75) is 13.3 Å². The summed E-state index contributed by atoms with van der Waals surface area (Å²) in [6, 6.07) is 5.62. The minimum Gasteiger partial charge on any atom is -0.493 e. The van der Waals surface area contributed by atoms with Gasteiger partial charge >= 0.3 is 0 Å². The Labute approximate surface area is 158 Å². The first-order chi connectivity index (χ1) is 11.4. The van der Waals surface area contributed by atoms with Crippen molar-refractivity contribution in [3.05, 3.63) is 33.1 Å². The van der Waals surface area contributed by atoms with E-state index < -0.39 is 0 Å². The van der Waals surface area contributed by atoms with Gasteiger partial charge in [-0.05, 0) is 30.7 Å². The van der Waals surface area contributed by atoms with Crippen LogP contribution in [-0.2, 0) is 9.59 Å². The molecular weight excluding hydrogens is 412 g/mol. The highest BCUT2D eigenvalue weighted by molar-refractivity contribution is 9.10. The zero-order valence-corrected chi connectivity index (χ0v) is 16.5. The maximum atomic E-state index is 11.8. The molecule has 0 spiro atoms. The van der Waals surface area contributed by atoms with E-state index in [-0.39, 0.29) is 11.8 Å². The van der Waals surface area contributed by atoms with Gasteiger partial charge in [-0.2, -0.15) is 0 Å². The fourth-order valence-corrected chi connectivity index (χ4v) is 3.38. The van der Waals surface area contributed by atoms with Crippen molar-refractivity contribution in [1.82, 2.24) is 10.2 Å². The van der Waals surface area contributed by atoms with Gasteiger partial charge in [0.25, 0.3) is 5.91 Å². The number of hydrogen-bond donors (Lipinski definition) is 1. The molecule has 0 bridgehead atoms. The van der Waals surface area contributed by atoms with Crippen molar-refractivity contribution < 1.29 is 14.3 Å². The lowest BCUT2D eigenvalue weighted by molar-refractivity contribution is -0.127. The maximum absolute atomic E-state index is 11.8. The minimum absolute atomic E-state index is 0.0318. The number of amides is 2. The molecule has 1 aromatic rings. The number of nitrogens with zero attached hydrogens (tertiary/aromatic N) is 1. The van der Waals surface area contributed by atoms with Gasteiger partial charge in [-0.1, -0.05) is 39.9 Å². The molecule has 0 saturated carbocycles. The summed E-state index contributed by atoms with van der Waals surface area (Å²) in [4.78, 5) is 25.2. The van der Waals surface area contributed by atoms with Crippen molar-refractivity contribution in [3.63, 3.8) is 0 Å². The van der Waals surface area contributed by atoms with Gasteiger partial charge in [-0.3, -0.25) is 9.59 Å². The molecule has 1 aromatic carbocycles. The number of thioether (sulfide) groups is 1. The van der Waals surface area contributed by atoms with Gasteiger partial charge in [0.1, 0.15) is 10.1 Å². The van der Waals surface area contributed by atoms with Gasteiger partial charge in [-0.15, -0.1) is 0 Å². The molecule has 8 heteroatoms. The largest absolute Gasteiger partial charge is 0.493 e. The van der Waals surface area contributed by atoms with Crippen LogP contribution in [0.2, 0.25) is 0 Å². The molecule has 0 radical (unpaired) electrons. The van der Waals surface area contributed by atoms with Gasteiger partial charge < -0.3 is 15.0 Å². The highest BCUT2D eigenvalue weighted by atomic mass is 79.9. The van der Waals surface area contributed by atoms with Crippen LogP contribution < -0.4 is 10.1 Å². The summed E-state index contributed by atoms with van der Waals surface area (Å²) in [6.45, 7) is 2.65. The van der Waals surface area contributed by atoms with Crippen molar-refractivity contribution >= 4 is 62.1 Å². The molecule has 5 nitrogen and oxygen atoms in total. The molecule has 1 N–H and O–H groups in total. The first-order valence-corrected chi connectivity index (χ1v) is 9.27. The quantitative estimate of drug-likeness (QED) is 0.428. The van der Waals surface area contributed by atoms with E-state index in [2.05, 4.69) is 21.2 Å². The first-order valence-electron chi connectivity index (χ1n) is 7.25. The Morgan fingerprint density at radius 1 is 1.50 bits per heavy atom. The standard InChI is InChI=1S/C16H17BrN2O3S2/c1-10(20)19(2)6-3-7-22-13-5-4-12(17)8-11(13)9-14-15(21)18-16(23)24-14/h4-5,8-9H,3,6-7H2,1-2H3,(H,18,21,23)/b14-9-. The zero-order chi connectivity index (χ0) is 17.7. The van der Waals surface area contributed by atoms with Crippen molar-refractivity contribution in [3.8, 4) is 5.75 Å². The second-order valence-corrected chi connectivity index (χ2v) is 7.81. The smallest absolute Gasteiger partial charge is 0.263 e. The average Bonchev–Trinajstić information content (AvgIpc) is 2.82. The molecule has 1 aliphatic heterocycles. The van der Waals surface area contributed by atoms with Crippen LogP contribution in [-0.4, -0.2) is 41.2 Å². The van der Waals surface area contributed by atoms with Crippen LogP contribution >= 0.6 is 39.9 Å². The van der Waals surface area contributed by atoms with Gasteiger partial charge in [0.15, 0.2) is 0 Å². The van der Waals surface area contributed by atoms with E-state index in [1.54, 1.807) is 18.0 Å². The third-order valence-corrected chi connectivity index (χ3v) is 4.99. The summed E-state index contributed by atoms with van der Waals surface area (Å²) in [5, 5.41) is 2.59. The summed E-state index contributed by atoms with van der Waals surface area (Å²) in [6.07, 6.45) is 2.49. The molecule has 0 aromatic heterocycles. The number of halogens is 1. The second-order valence-electron chi connectivity index (χ2n) is 5.18. The molecule has 1 heterocycles. The SMILES string of the molecule is CC(=O)N(C)CCCOc1ccc(Br)cc1/C=C1\SC(=S)NC1=O. The Bertz CT molecular complexity index is 707. The molecule has 2 rings (SSSR count). The molecular formula is C16H17BrN2O3S2. The normalized spacial score (nSPS) is 15.5. The van der Waals surface area contributed by atoms with E-state index in [1.807, 2.05) is 18.2 Å². The average molecular weight is 429 g/mol. The summed E-state index contributed by atoms with van der Waals surface area (Å²) >= 11 is 9.66. The Morgan fingerprint density at radius 2 is 2.25 bits per heavy atom. The lowest BCUT2D eigenvalue weighted by atomic mass is 10.2. The zero-order valence-electron chi connectivity index (χ0n) is 13.3. The Hall–Kier alpha value is -1.38.